The fourth-order valence-corrected chi connectivity index (χ4v) is 3.35. The minimum absolute atomic E-state index is 0.675. The molecule has 0 fully saturated rings. The molecule has 0 radical (unpaired) electrons. The van der Waals surface area contributed by atoms with Gasteiger partial charge in [0.05, 0.1) is 12.8 Å². The second-order valence-corrected chi connectivity index (χ2v) is 6.13. The van der Waals surface area contributed by atoms with Gasteiger partial charge in [0.1, 0.15) is 17.4 Å². The van der Waals surface area contributed by atoms with E-state index in [0.717, 1.165) is 41.5 Å². The number of rotatable bonds is 4. The Labute approximate surface area is 140 Å². The first-order chi connectivity index (χ1) is 11.8. The van der Waals surface area contributed by atoms with E-state index in [1.807, 2.05) is 29.6 Å². The highest BCUT2D eigenvalue weighted by atomic mass is 16.5. The quantitative estimate of drug-likeness (QED) is 0.800. The van der Waals surface area contributed by atoms with E-state index in [4.69, 9.17) is 9.72 Å². The third kappa shape index (κ3) is 2.58. The van der Waals surface area contributed by atoms with E-state index in [9.17, 15) is 0 Å². The van der Waals surface area contributed by atoms with Crippen molar-refractivity contribution in [2.75, 3.05) is 12.4 Å². The fourth-order valence-electron chi connectivity index (χ4n) is 3.35. The van der Waals surface area contributed by atoms with E-state index < -0.39 is 0 Å². The summed E-state index contributed by atoms with van der Waals surface area (Å²) in [5.74, 6) is 3.32. The third-order valence-corrected chi connectivity index (χ3v) is 4.51. The van der Waals surface area contributed by atoms with Gasteiger partial charge in [-0.1, -0.05) is 18.2 Å². The molecule has 2 aromatic heterocycles. The largest absolute Gasteiger partial charge is 0.496 e. The van der Waals surface area contributed by atoms with Crippen LogP contribution in [0.1, 0.15) is 35.5 Å². The van der Waals surface area contributed by atoms with Gasteiger partial charge in [-0.3, -0.25) is 0 Å². The zero-order chi connectivity index (χ0) is 16.5. The van der Waals surface area contributed by atoms with Crippen LogP contribution in [-0.4, -0.2) is 26.7 Å². The molecule has 0 saturated carbocycles. The number of anilines is 1. The normalized spacial score (nSPS) is 13.8. The van der Waals surface area contributed by atoms with Crippen molar-refractivity contribution < 1.29 is 4.74 Å². The highest BCUT2D eigenvalue weighted by molar-refractivity contribution is 5.54. The number of nitrogens with one attached hydrogen (secondary N) is 1. The van der Waals surface area contributed by atoms with Gasteiger partial charge in [-0.2, -0.15) is 9.50 Å². The zero-order valence-electron chi connectivity index (χ0n) is 14.0. The lowest BCUT2D eigenvalue weighted by Gasteiger charge is -2.20. The van der Waals surface area contributed by atoms with Crippen molar-refractivity contribution in [3.05, 3.63) is 46.9 Å². The molecule has 6 heteroatoms. The lowest BCUT2D eigenvalue weighted by molar-refractivity contribution is 0.410. The summed E-state index contributed by atoms with van der Waals surface area (Å²) in [6.07, 6.45) is 4.43. The van der Waals surface area contributed by atoms with E-state index >= 15 is 0 Å². The Hall–Kier alpha value is -2.63. The average molecular weight is 323 g/mol. The molecule has 2 heterocycles. The summed E-state index contributed by atoms with van der Waals surface area (Å²) >= 11 is 0. The van der Waals surface area contributed by atoms with Crippen LogP contribution < -0.4 is 10.1 Å². The maximum Gasteiger partial charge on any atom is 0.254 e. The fraction of sp³-hybridized carbons (Fsp3) is 0.389. The van der Waals surface area contributed by atoms with E-state index in [2.05, 4.69) is 21.5 Å². The second kappa shape index (κ2) is 6.11. The molecule has 1 aliphatic rings. The van der Waals surface area contributed by atoms with Gasteiger partial charge in [0.15, 0.2) is 0 Å². The molecule has 1 aromatic carbocycles. The van der Waals surface area contributed by atoms with E-state index in [-0.39, 0.29) is 0 Å². The Morgan fingerprint density at radius 2 is 2.00 bits per heavy atom. The number of hydrogen-bond donors (Lipinski definition) is 1. The summed E-state index contributed by atoms with van der Waals surface area (Å²) in [4.78, 5) is 9.16. The molecule has 0 spiro atoms. The molecule has 0 unspecified atom stereocenters. The maximum absolute atomic E-state index is 5.45. The molecule has 0 aliphatic heterocycles. The summed E-state index contributed by atoms with van der Waals surface area (Å²) in [7, 11) is 1.70. The molecular formula is C18H21N5O. The van der Waals surface area contributed by atoms with Crippen LogP contribution in [0.3, 0.4) is 0 Å². The summed E-state index contributed by atoms with van der Waals surface area (Å²) < 4.78 is 7.29. The van der Waals surface area contributed by atoms with Crippen molar-refractivity contribution in [1.29, 1.82) is 0 Å². The molecule has 1 N–H and O–H groups in total. The summed E-state index contributed by atoms with van der Waals surface area (Å²) in [6, 6.07) is 8.06. The minimum atomic E-state index is 0.675. The predicted molar refractivity (Wildman–Crippen MR) is 92.5 cm³/mol. The molecule has 124 valence electrons. The number of methoxy groups -OCH3 is 1. The first kappa shape index (κ1) is 14.9. The molecule has 0 saturated heterocycles. The van der Waals surface area contributed by atoms with Crippen LogP contribution in [0.4, 0.5) is 5.82 Å². The van der Waals surface area contributed by atoms with Gasteiger partial charge in [0.25, 0.3) is 5.78 Å². The van der Waals surface area contributed by atoms with Gasteiger partial charge in [0.2, 0.25) is 0 Å². The van der Waals surface area contributed by atoms with Crippen molar-refractivity contribution in [1.82, 2.24) is 19.6 Å². The molecule has 24 heavy (non-hydrogen) atoms. The van der Waals surface area contributed by atoms with Crippen LogP contribution in [0.5, 0.6) is 5.75 Å². The van der Waals surface area contributed by atoms with Crippen molar-refractivity contribution in [3.8, 4) is 5.75 Å². The van der Waals surface area contributed by atoms with Crippen LogP contribution in [0.25, 0.3) is 5.78 Å². The number of aryl methyl sites for hydroxylation is 2. The van der Waals surface area contributed by atoms with Crippen LogP contribution in [0, 0.1) is 6.92 Å². The zero-order valence-corrected chi connectivity index (χ0v) is 14.0. The first-order valence-corrected chi connectivity index (χ1v) is 8.37. The third-order valence-electron chi connectivity index (χ3n) is 4.51. The molecule has 0 bridgehead atoms. The number of benzene rings is 1. The Kier molecular flexibility index (Phi) is 3.80. The Morgan fingerprint density at radius 3 is 2.88 bits per heavy atom. The highest BCUT2D eigenvalue weighted by Gasteiger charge is 2.20. The van der Waals surface area contributed by atoms with Gasteiger partial charge >= 0.3 is 0 Å². The SMILES string of the molecule is COc1ccccc1CNc1c2c(nc3nc(C)nn13)CCCC2. The number of ether oxygens (including phenoxy) is 1. The minimum Gasteiger partial charge on any atom is -0.496 e. The number of fused-ring (bicyclic) bond motifs is 2. The number of hydrogen-bond acceptors (Lipinski definition) is 5. The second-order valence-electron chi connectivity index (χ2n) is 6.13. The topological polar surface area (TPSA) is 64.3 Å². The van der Waals surface area contributed by atoms with Crippen LogP contribution in [0.15, 0.2) is 24.3 Å². The lowest BCUT2D eigenvalue weighted by Crippen LogP contribution is -2.15. The van der Waals surface area contributed by atoms with Crippen molar-refractivity contribution in [2.24, 2.45) is 0 Å². The molecule has 0 amide bonds. The molecule has 6 nitrogen and oxygen atoms in total. The predicted octanol–water partition coefficient (Wildman–Crippen LogP) is 2.93. The number of aromatic nitrogens is 4. The summed E-state index contributed by atoms with van der Waals surface area (Å²) in [6.45, 7) is 2.58. The van der Waals surface area contributed by atoms with Gasteiger partial charge in [-0.15, -0.1) is 5.10 Å². The van der Waals surface area contributed by atoms with Gasteiger partial charge in [-0.05, 0) is 38.7 Å². The van der Waals surface area contributed by atoms with Crippen LogP contribution >= 0.6 is 0 Å². The molecular weight excluding hydrogens is 302 g/mol. The van der Waals surface area contributed by atoms with Crippen molar-refractivity contribution in [2.45, 2.75) is 39.2 Å². The Balaban J connectivity index is 1.75. The lowest BCUT2D eigenvalue weighted by atomic mass is 9.96. The van der Waals surface area contributed by atoms with E-state index in [1.165, 1.54) is 18.4 Å². The highest BCUT2D eigenvalue weighted by Crippen LogP contribution is 2.28. The van der Waals surface area contributed by atoms with Crippen molar-refractivity contribution in [3.63, 3.8) is 0 Å². The molecule has 1 aliphatic carbocycles. The first-order valence-electron chi connectivity index (χ1n) is 8.37. The summed E-state index contributed by atoms with van der Waals surface area (Å²) in [5, 5.41) is 8.09. The number of nitrogens with zero attached hydrogens (tertiary/aromatic N) is 4. The van der Waals surface area contributed by atoms with Crippen molar-refractivity contribution >= 4 is 11.6 Å². The van der Waals surface area contributed by atoms with Gasteiger partial charge in [-0.25, -0.2) is 4.98 Å². The van der Waals surface area contributed by atoms with Gasteiger partial charge < -0.3 is 10.1 Å². The average Bonchev–Trinajstić information content (AvgIpc) is 2.98. The summed E-state index contributed by atoms with van der Waals surface area (Å²) in [5.41, 5.74) is 3.54. The monoisotopic (exact) mass is 323 g/mol. The van der Waals surface area contributed by atoms with E-state index in [1.54, 1.807) is 7.11 Å². The van der Waals surface area contributed by atoms with Gasteiger partial charge in [0, 0.05) is 17.7 Å². The standard InChI is InChI=1S/C18H21N5O/c1-12-20-18-21-15-9-5-4-8-14(15)17(23(18)22-12)19-11-13-7-3-6-10-16(13)24-2/h3,6-7,10,19H,4-5,8-9,11H2,1-2H3. The smallest absolute Gasteiger partial charge is 0.254 e. The molecule has 0 atom stereocenters. The van der Waals surface area contributed by atoms with Crippen LogP contribution in [-0.2, 0) is 19.4 Å². The molecule has 4 rings (SSSR count). The Bertz CT molecular complexity index is 886. The van der Waals surface area contributed by atoms with E-state index in [0.29, 0.717) is 12.3 Å². The maximum atomic E-state index is 5.45. The Morgan fingerprint density at radius 1 is 1.17 bits per heavy atom. The van der Waals surface area contributed by atoms with Crippen LogP contribution in [0.2, 0.25) is 0 Å². The number of para-hydroxylation sites is 1. The molecule has 3 aromatic rings.